The lowest BCUT2D eigenvalue weighted by Gasteiger charge is -2.36. The van der Waals surface area contributed by atoms with Crippen LogP contribution in [0.4, 0.5) is 0 Å². The smallest absolute Gasteiger partial charge is 0.0475 e. The third-order valence-electron chi connectivity index (χ3n) is 4.58. The van der Waals surface area contributed by atoms with Crippen LogP contribution in [0.3, 0.4) is 0 Å². The van der Waals surface area contributed by atoms with E-state index in [4.69, 9.17) is 5.73 Å². The van der Waals surface area contributed by atoms with Crippen LogP contribution in [0.15, 0.2) is 24.3 Å². The van der Waals surface area contributed by atoms with E-state index in [0.29, 0.717) is 6.04 Å². The van der Waals surface area contributed by atoms with E-state index in [1.54, 1.807) is 0 Å². The summed E-state index contributed by atoms with van der Waals surface area (Å²) in [6.45, 7) is 6.33. The molecular formula is C17H28N2. The van der Waals surface area contributed by atoms with Gasteiger partial charge >= 0.3 is 0 Å². The van der Waals surface area contributed by atoms with Crippen molar-refractivity contribution in [2.24, 2.45) is 5.73 Å². The average molecular weight is 260 g/mol. The molecule has 1 aliphatic rings. The Hall–Kier alpha value is -0.860. The van der Waals surface area contributed by atoms with Crippen LogP contribution in [0.5, 0.6) is 0 Å². The average Bonchev–Trinajstić information content (AvgIpc) is 2.98. The van der Waals surface area contributed by atoms with Gasteiger partial charge in [-0.15, -0.1) is 0 Å². The number of hydrogen-bond donors (Lipinski definition) is 1. The van der Waals surface area contributed by atoms with E-state index >= 15 is 0 Å². The zero-order valence-corrected chi connectivity index (χ0v) is 12.4. The molecule has 2 rings (SSSR count). The highest BCUT2D eigenvalue weighted by atomic mass is 15.2. The molecule has 0 saturated heterocycles. The lowest BCUT2D eigenvalue weighted by Crippen LogP contribution is -2.40. The minimum atomic E-state index is 0.393. The van der Waals surface area contributed by atoms with E-state index < -0.39 is 0 Å². The summed E-state index contributed by atoms with van der Waals surface area (Å²) in [5.41, 5.74) is 9.03. The molecule has 19 heavy (non-hydrogen) atoms. The summed E-state index contributed by atoms with van der Waals surface area (Å²) in [6, 6.07) is 9.95. The predicted molar refractivity (Wildman–Crippen MR) is 82.3 cm³/mol. The third kappa shape index (κ3) is 3.18. The first-order valence-electron chi connectivity index (χ1n) is 7.85. The van der Waals surface area contributed by atoms with Gasteiger partial charge in [0.05, 0.1) is 0 Å². The highest BCUT2D eigenvalue weighted by Crippen LogP contribution is 2.31. The Kier molecular flexibility index (Phi) is 5.41. The number of likely N-dealkylation sites (N-methyl/N-ethyl adjacent to an activating group) is 1. The summed E-state index contributed by atoms with van der Waals surface area (Å²) >= 11 is 0. The largest absolute Gasteiger partial charge is 0.329 e. The fourth-order valence-corrected chi connectivity index (χ4v) is 3.59. The molecule has 0 aromatic heterocycles. The SMILES string of the molecule is CCc1ccccc1C(CN)N(CC)C1CCCC1. The van der Waals surface area contributed by atoms with Crippen molar-refractivity contribution < 1.29 is 0 Å². The van der Waals surface area contributed by atoms with Crippen molar-refractivity contribution in [1.82, 2.24) is 4.90 Å². The third-order valence-corrected chi connectivity index (χ3v) is 4.58. The molecule has 106 valence electrons. The zero-order valence-electron chi connectivity index (χ0n) is 12.4. The predicted octanol–water partition coefficient (Wildman–Crippen LogP) is 3.51. The van der Waals surface area contributed by atoms with Gasteiger partial charge in [0.2, 0.25) is 0 Å². The monoisotopic (exact) mass is 260 g/mol. The molecule has 2 N–H and O–H groups in total. The van der Waals surface area contributed by atoms with E-state index in [2.05, 4.69) is 43.0 Å². The molecule has 2 nitrogen and oxygen atoms in total. The van der Waals surface area contributed by atoms with Crippen LogP contribution >= 0.6 is 0 Å². The van der Waals surface area contributed by atoms with Gasteiger partial charge in [0.25, 0.3) is 0 Å². The van der Waals surface area contributed by atoms with E-state index in [-0.39, 0.29) is 0 Å². The molecule has 1 unspecified atom stereocenters. The van der Waals surface area contributed by atoms with Crippen LogP contribution in [-0.2, 0) is 6.42 Å². The highest BCUT2D eigenvalue weighted by Gasteiger charge is 2.28. The Morgan fingerprint density at radius 3 is 2.47 bits per heavy atom. The minimum Gasteiger partial charge on any atom is -0.329 e. The van der Waals surface area contributed by atoms with Crippen LogP contribution in [0.25, 0.3) is 0 Å². The first-order chi connectivity index (χ1) is 9.31. The van der Waals surface area contributed by atoms with Crippen LogP contribution in [0.2, 0.25) is 0 Å². The Morgan fingerprint density at radius 1 is 1.21 bits per heavy atom. The van der Waals surface area contributed by atoms with Gasteiger partial charge in [-0.3, -0.25) is 4.90 Å². The number of aryl methyl sites for hydroxylation is 1. The fraction of sp³-hybridized carbons (Fsp3) is 0.647. The zero-order chi connectivity index (χ0) is 13.7. The van der Waals surface area contributed by atoms with Crippen LogP contribution in [-0.4, -0.2) is 24.0 Å². The second kappa shape index (κ2) is 7.06. The summed E-state index contributed by atoms with van der Waals surface area (Å²) in [6.07, 6.45) is 6.55. The summed E-state index contributed by atoms with van der Waals surface area (Å²) in [5.74, 6) is 0. The van der Waals surface area contributed by atoms with Gasteiger partial charge < -0.3 is 5.73 Å². The van der Waals surface area contributed by atoms with Crippen LogP contribution in [0, 0.1) is 0 Å². The molecule has 1 fully saturated rings. The first kappa shape index (κ1) is 14.5. The summed E-state index contributed by atoms with van der Waals surface area (Å²) in [7, 11) is 0. The highest BCUT2D eigenvalue weighted by molar-refractivity contribution is 5.30. The van der Waals surface area contributed by atoms with Crippen molar-refractivity contribution in [2.45, 2.75) is 58.0 Å². The van der Waals surface area contributed by atoms with Crippen molar-refractivity contribution in [3.8, 4) is 0 Å². The Bertz CT molecular complexity index is 383. The molecule has 0 bridgehead atoms. The summed E-state index contributed by atoms with van der Waals surface area (Å²) in [5, 5.41) is 0. The maximum Gasteiger partial charge on any atom is 0.0475 e. The molecule has 0 spiro atoms. The topological polar surface area (TPSA) is 29.3 Å². The molecular weight excluding hydrogens is 232 g/mol. The van der Waals surface area contributed by atoms with Gasteiger partial charge in [-0.05, 0) is 36.9 Å². The first-order valence-corrected chi connectivity index (χ1v) is 7.85. The molecule has 0 heterocycles. The Morgan fingerprint density at radius 2 is 1.89 bits per heavy atom. The van der Waals surface area contributed by atoms with E-state index in [1.807, 2.05) is 0 Å². The molecule has 1 aromatic carbocycles. The van der Waals surface area contributed by atoms with Crippen molar-refractivity contribution >= 4 is 0 Å². The van der Waals surface area contributed by atoms with Gasteiger partial charge in [-0.1, -0.05) is 51.0 Å². The van der Waals surface area contributed by atoms with Crippen LogP contribution in [0.1, 0.15) is 56.7 Å². The molecule has 0 aliphatic heterocycles. The minimum absolute atomic E-state index is 0.393. The maximum atomic E-state index is 6.13. The lowest BCUT2D eigenvalue weighted by atomic mass is 9.96. The van der Waals surface area contributed by atoms with Gasteiger partial charge in [0.15, 0.2) is 0 Å². The lowest BCUT2D eigenvalue weighted by molar-refractivity contribution is 0.146. The van der Waals surface area contributed by atoms with Crippen molar-refractivity contribution in [3.05, 3.63) is 35.4 Å². The number of nitrogens with two attached hydrogens (primary N) is 1. The number of rotatable bonds is 6. The maximum absolute atomic E-state index is 6.13. The summed E-state index contributed by atoms with van der Waals surface area (Å²) in [4.78, 5) is 2.64. The van der Waals surface area contributed by atoms with E-state index in [0.717, 1.165) is 25.6 Å². The number of nitrogens with zero attached hydrogens (tertiary/aromatic N) is 1. The molecule has 0 amide bonds. The standard InChI is InChI=1S/C17H28N2/c1-3-14-9-5-8-12-16(14)17(13-18)19(4-2)15-10-6-7-11-15/h5,8-9,12,15,17H,3-4,6-7,10-11,13,18H2,1-2H3. The molecule has 1 saturated carbocycles. The Labute approximate surface area is 118 Å². The van der Waals surface area contributed by atoms with Crippen LogP contribution < -0.4 is 5.73 Å². The van der Waals surface area contributed by atoms with Crippen molar-refractivity contribution in [1.29, 1.82) is 0 Å². The van der Waals surface area contributed by atoms with E-state index in [9.17, 15) is 0 Å². The Balaban J connectivity index is 2.26. The van der Waals surface area contributed by atoms with Gasteiger partial charge in [0.1, 0.15) is 0 Å². The summed E-state index contributed by atoms with van der Waals surface area (Å²) < 4.78 is 0. The normalized spacial score (nSPS) is 18.1. The molecule has 0 radical (unpaired) electrons. The molecule has 2 heteroatoms. The second-order valence-corrected chi connectivity index (χ2v) is 5.57. The van der Waals surface area contributed by atoms with Crippen molar-refractivity contribution in [3.63, 3.8) is 0 Å². The van der Waals surface area contributed by atoms with Gasteiger partial charge in [0, 0.05) is 18.6 Å². The molecule has 1 aromatic rings. The molecule has 1 atom stereocenters. The number of hydrogen-bond acceptors (Lipinski definition) is 2. The number of benzene rings is 1. The second-order valence-electron chi connectivity index (χ2n) is 5.57. The van der Waals surface area contributed by atoms with Crippen molar-refractivity contribution in [2.75, 3.05) is 13.1 Å². The molecule has 1 aliphatic carbocycles. The quantitative estimate of drug-likeness (QED) is 0.848. The van der Waals surface area contributed by atoms with Gasteiger partial charge in [-0.2, -0.15) is 0 Å². The fourth-order valence-electron chi connectivity index (χ4n) is 3.59. The van der Waals surface area contributed by atoms with E-state index in [1.165, 1.54) is 36.8 Å². The van der Waals surface area contributed by atoms with Gasteiger partial charge in [-0.25, -0.2) is 0 Å².